The minimum Gasteiger partial charge on any atom is -0.400 e. The highest BCUT2D eigenvalue weighted by molar-refractivity contribution is 5.72. The van der Waals surface area contributed by atoms with Gasteiger partial charge in [-0.2, -0.15) is 0 Å². The Morgan fingerprint density at radius 2 is 2.23 bits per heavy atom. The minimum absolute atomic E-state index is 0.160. The molecule has 3 heterocycles. The van der Waals surface area contributed by atoms with Crippen molar-refractivity contribution in [3.05, 3.63) is 45.2 Å². The summed E-state index contributed by atoms with van der Waals surface area (Å²) >= 11 is 0. The van der Waals surface area contributed by atoms with Gasteiger partial charge in [-0.25, -0.2) is 4.68 Å². The lowest BCUT2D eigenvalue weighted by atomic mass is 10.2. The number of nitrogens with two attached hydrogens (primary N) is 2. The van der Waals surface area contributed by atoms with Crippen molar-refractivity contribution in [1.29, 1.82) is 0 Å². The molecule has 12 heteroatoms. The van der Waals surface area contributed by atoms with Crippen molar-refractivity contribution in [1.82, 2.24) is 20.2 Å². The molecule has 136 valence electrons. The van der Waals surface area contributed by atoms with Crippen molar-refractivity contribution >= 4 is 17.9 Å². The van der Waals surface area contributed by atoms with Crippen LogP contribution in [0.3, 0.4) is 0 Å². The molecule has 0 unspecified atom stereocenters. The van der Waals surface area contributed by atoms with Gasteiger partial charge in [-0.1, -0.05) is 0 Å². The van der Waals surface area contributed by atoms with Crippen LogP contribution in [-0.2, 0) is 4.79 Å². The number of carbonyl (C=O) groups is 1. The van der Waals surface area contributed by atoms with Gasteiger partial charge < -0.3 is 21.2 Å². The molecule has 0 aromatic carbocycles. The number of hydrogen-bond acceptors (Lipinski definition) is 9. The normalized spacial score (nSPS) is 14.9. The third kappa shape index (κ3) is 3.19. The Morgan fingerprint density at radius 3 is 2.88 bits per heavy atom. The van der Waals surface area contributed by atoms with Gasteiger partial charge in [0.05, 0.1) is 17.5 Å². The van der Waals surface area contributed by atoms with Crippen molar-refractivity contribution in [3.63, 3.8) is 0 Å². The second-order valence-corrected chi connectivity index (χ2v) is 5.46. The lowest BCUT2D eigenvalue weighted by molar-refractivity contribution is -0.401. The van der Waals surface area contributed by atoms with E-state index in [1.165, 1.54) is 23.7 Å². The smallest absolute Gasteiger partial charge is 0.400 e. The fourth-order valence-corrected chi connectivity index (χ4v) is 2.35. The van der Waals surface area contributed by atoms with Crippen LogP contribution in [0.15, 0.2) is 33.6 Å². The Hall–Kier alpha value is -3.83. The van der Waals surface area contributed by atoms with Crippen LogP contribution in [0.5, 0.6) is 0 Å². The molecule has 2 aromatic heterocycles. The van der Waals surface area contributed by atoms with Gasteiger partial charge >= 0.3 is 5.88 Å². The van der Waals surface area contributed by atoms with Gasteiger partial charge in [0, 0.05) is 31.7 Å². The molecule has 12 nitrogen and oxygen atoms in total. The molecule has 0 bridgehead atoms. The van der Waals surface area contributed by atoms with Crippen LogP contribution in [-0.4, -0.2) is 32.2 Å². The fraction of sp³-hybridized carbons (Fsp3) is 0.214. The second kappa shape index (κ2) is 6.58. The van der Waals surface area contributed by atoms with E-state index in [-0.39, 0.29) is 17.5 Å². The first kappa shape index (κ1) is 17.0. The summed E-state index contributed by atoms with van der Waals surface area (Å²) in [6, 6.07) is 2.64. The lowest BCUT2D eigenvalue weighted by Gasteiger charge is -2.21. The first-order valence-electron chi connectivity index (χ1n) is 7.54. The third-order valence-corrected chi connectivity index (χ3v) is 3.57. The zero-order chi connectivity index (χ0) is 18.8. The number of nitro groups is 1. The standard InChI is InChI=1S/C14H16N8O4/c1-7(23)17-5-4-8(15)13-9(16)6-11-18-19-14(21(11)20-13)10-2-3-12(26-10)22(24)25/h2-3,6,20H,4-5,15-16H2,1H3,(H,17,23). The van der Waals surface area contributed by atoms with Crippen LogP contribution in [0.1, 0.15) is 19.2 Å². The summed E-state index contributed by atoms with van der Waals surface area (Å²) < 4.78 is 6.62. The van der Waals surface area contributed by atoms with E-state index in [0.717, 1.165) is 0 Å². The van der Waals surface area contributed by atoms with E-state index in [1.54, 1.807) is 6.08 Å². The van der Waals surface area contributed by atoms with Crippen LogP contribution < -0.4 is 22.2 Å². The third-order valence-electron chi connectivity index (χ3n) is 3.57. The number of furan rings is 1. The van der Waals surface area contributed by atoms with Gasteiger partial charge in [-0.15, -0.1) is 10.2 Å². The number of aromatic nitrogens is 3. The maximum Gasteiger partial charge on any atom is 0.433 e. The monoisotopic (exact) mass is 360 g/mol. The van der Waals surface area contributed by atoms with Crippen molar-refractivity contribution in [2.24, 2.45) is 11.5 Å². The molecule has 0 radical (unpaired) electrons. The number of fused-ring (bicyclic) bond motifs is 1. The number of nitrogens with one attached hydrogen (secondary N) is 2. The molecule has 0 fully saturated rings. The van der Waals surface area contributed by atoms with Gasteiger partial charge in [0.25, 0.3) is 0 Å². The molecular weight excluding hydrogens is 344 g/mol. The SMILES string of the molecule is CC(=O)NCCC(N)=C1Nn2c(nnc2-c2ccc([N+](=O)[O-])o2)C=C1N. The van der Waals surface area contributed by atoms with Crippen molar-refractivity contribution < 1.29 is 14.1 Å². The highest BCUT2D eigenvalue weighted by Crippen LogP contribution is 2.27. The minimum atomic E-state index is -0.645. The summed E-state index contributed by atoms with van der Waals surface area (Å²) in [4.78, 5) is 21.1. The van der Waals surface area contributed by atoms with Crippen molar-refractivity contribution in [3.8, 4) is 11.6 Å². The van der Waals surface area contributed by atoms with Crippen LogP contribution in [0.2, 0.25) is 0 Å². The van der Waals surface area contributed by atoms with Gasteiger partial charge in [0.1, 0.15) is 4.92 Å². The molecule has 2 aromatic rings. The number of hydrogen-bond donors (Lipinski definition) is 4. The zero-order valence-corrected chi connectivity index (χ0v) is 13.7. The number of rotatable bonds is 5. The van der Waals surface area contributed by atoms with E-state index in [2.05, 4.69) is 20.9 Å². The van der Waals surface area contributed by atoms with Crippen LogP contribution in [0, 0.1) is 10.1 Å². The van der Waals surface area contributed by atoms with Gasteiger partial charge in [0.15, 0.2) is 11.6 Å². The molecular formula is C14H16N8O4. The highest BCUT2D eigenvalue weighted by atomic mass is 16.6. The van der Waals surface area contributed by atoms with Gasteiger partial charge in [-0.3, -0.25) is 20.3 Å². The lowest BCUT2D eigenvalue weighted by Crippen LogP contribution is -2.29. The molecule has 6 N–H and O–H groups in total. The summed E-state index contributed by atoms with van der Waals surface area (Å²) in [7, 11) is 0. The van der Waals surface area contributed by atoms with E-state index in [0.29, 0.717) is 35.9 Å². The summed E-state index contributed by atoms with van der Waals surface area (Å²) in [6.07, 6.45) is 1.93. The molecule has 3 rings (SSSR count). The summed E-state index contributed by atoms with van der Waals surface area (Å²) in [5.41, 5.74) is 16.2. The Balaban J connectivity index is 1.90. The van der Waals surface area contributed by atoms with Crippen LogP contribution in [0.4, 0.5) is 5.88 Å². The number of amides is 1. The molecule has 1 aliphatic rings. The maximum absolute atomic E-state index is 10.9. The van der Waals surface area contributed by atoms with E-state index in [4.69, 9.17) is 15.9 Å². The van der Waals surface area contributed by atoms with Gasteiger partial charge in [-0.05, 0) is 6.07 Å². The first-order chi connectivity index (χ1) is 12.4. The number of carbonyl (C=O) groups excluding carboxylic acids is 1. The van der Waals surface area contributed by atoms with E-state index in [9.17, 15) is 14.9 Å². The van der Waals surface area contributed by atoms with Crippen LogP contribution >= 0.6 is 0 Å². The molecule has 1 aliphatic heterocycles. The molecule has 0 saturated heterocycles. The molecule has 0 saturated carbocycles. The molecule has 0 spiro atoms. The van der Waals surface area contributed by atoms with Crippen molar-refractivity contribution in [2.75, 3.05) is 12.0 Å². The Kier molecular flexibility index (Phi) is 4.31. The summed E-state index contributed by atoms with van der Waals surface area (Å²) in [6.45, 7) is 1.76. The predicted molar refractivity (Wildman–Crippen MR) is 90.4 cm³/mol. The second-order valence-electron chi connectivity index (χ2n) is 5.46. The fourth-order valence-electron chi connectivity index (χ4n) is 2.35. The number of nitrogens with zero attached hydrogens (tertiary/aromatic N) is 4. The highest BCUT2D eigenvalue weighted by Gasteiger charge is 2.24. The summed E-state index contributed by atoms with van der Waals surface area (Å²) in [5.74, 6) is 0.200. The Morgan fingerprint density at radius 1 is 1.46 bits per heavy atom. The largest absolute Gasteiger partial charge is 0.433 e. The average molecular weight is 360 g/mol. The summed E-state index contributed by atoms with van der Waals surface area (Å²) in [5, 5.41) is 21.4. The molecule has 0 aliphatic carbocycles. The zero-order valence-electron chi connectivity index (χ0n) is 13.7. The topological polar surface area (TPSA) is 180 Å². The average Bonchev–Trinajstić information content (AvgIpc) is 3.19. The van der Waals surface area contributed by atoms with Crippen LogP contribution in [0.25, 0.3) is 17.7 Å². The maximum atomic E-state index is 10.9. The van der Waals surface area contributed by atoms with E-state index >= 15 is 0 Å². The Bertz CT molecular complexity index is 939. The van der Waals surface area contributed by atoms with E-state index in [1.807, 2.05) is 0 Å². The van der Waals surface area contributed by atoms with Crippen molar-refractivity contribution in [2.45, 2.75) is 13.3 Å². The van der Waals surface area contributed by atoms with Gasteiger partial charge in [0.2, 0.25) is 11.7 Å². The Labute approximate surface area is 146 Å². The molecule has 26 heavy (non-hydrogen) atoms. The van der Waals surface area contributed by atoms with E-state index < -0.39 is 10.8 Å². The first-order valence-corrected chi connectivity index (χ1v) is 7.54. The quantitative estimate of drug-likeness (QED) is 0.421. The molecule has 1 amide bonds. The predicted octanol–water partition coefficient (Wildman–Crippen LogP) is -0.000500. The molecule has 0 atom stereocenters.